The quantitative estimate of drug-likeness (QED) is 0.0844. The molecule has 2 fully saturated rings. The molecule has 11 nitrogen and oxygen atoms in total. The Balaban J connectivity index is 0.000000303. The summed E-state index contributed by atoms with van der Waals surface area (Å²) in [6.07, 6.45) is 5.42. The second kappa shape index (κ2) is 19.9. The lowest BCUT2D eigenvalue weighted by Crippen LogP contribution is -2.60. The summed E-state index contributed by atoms with van der Waals surface area (Å²) in [7, 11) is 0. The molecule has 2 aliphatic rings. The number of nitrogen functional groups attached to an aromatic ring is 2. The maximum atomic E-state index is 13.5. The molecule has 8 N–H and O–H groups in total. The summed E-state index contributed by atoms with van der Waals surface area (Å²) in [5.41, 5.74) is 14.7. The van der Waals surface area contributed by atoms with Crippen LogP contribution in [0.1, 0.15) is 81.4 Å². The summed E-state index contributed by atoms with van der Waals surface area (Å²) in [5.74, 6) is 1.88. The molecule has 6 rings (SSSR count). The Morgan fingerprint density at radius 2 is 1.67 bits per heavy atom. The number of carbonyl (C=O) groups excluding carboxylic acids is 2. The number of amides is 2. The number of hydrogen-bond acceptors (Lipinski definition) is 10. The molecule has 13 heteroatoms. The molecule has 2 heterocycles. The fourth-order valence-electron chi connectivity index (χ4n) is 7.79. The van der Waals surface area contributed by atoms with E-state index in [2.05, 4.69) is 25.5 Å². The number of aryl methyl sites for hydroxylation is 1. The second-order valence-corrected chi connectivity index (χ2v) is 17.6. The highest BCUT2D eigenvalue weighted by molar-refractivity contribution is 7.99. The highest BCUT2D eigenvalue weighted by atomic mass is 35.5. The maximum absolute atomic E-state index is 13.5. The molecule has 306 valence electrons. The van der Waals surface area contributed by atoms with E-state index < -0.39 is 12.1 Å². The number of nitrogens with zero attached hydrogens (tertiary/aromatic N) is 3. The highest BCUT2D eigenvalue weighted by Gasteiger charge is 2.42. The Labute approximate surface area is 346 Å². The number of fused-ring (bicyclic) bond motifs is 1. The molecule has 1 aliphatic carbocycles. The summed E-state index contributed by atoms with van der Waals surface area (Å²) < 4.78 is 0. The van der Waals surface area contributed by atoms with E-state index in [1.807, 2.05) is 82.3 Å². The monoisotopic (exact) mass is 815 g/mol. The Bertz CT molecular complexity index is 1960. The Hall–Kier alpha value is -4.36. The van der Waals surface area contributed by atoms with Gasteiger partial charge in [0.2, 0.25) is 11.9 Å². The molecule has 0 bridgehead atoms. The van der Waals surface area contributed by atoms with Crippen LogP contribution in [0, 0.1) is 18.8 Å². The zero-order chi connectivity index (χ0) is 41.3. The average molecular weight is 817 g/mol. The number of hydrogen-bond donors (Lipinski definition) is 6. The molecule has 57 heavy (non-hydrogen) atoms. The third kappa shape index (κ3) is 12.1. The van der Waals surface area contributed by atoms with Gasteiger partial charge in [-0.2, -0.15) is 4.98 Å². The van der Waals surface area contributed by atoms with Gasteiger partial charge >= 0.3 is 0 Å². The number of anilines is 2. The van der Waals surface area contributed by atoms with E-state index in [0.29, 0.717) is 46.1 Å². The molecule has 1 saturated carbocycles. The van der Waals surface area contributed by atoms with Gasteiger partial charge in [0, 0.05) is 51.0 Å². The minimum Gasteiger partial charge on any atom is -0.508 e. The van der Waals surface area contributed by atoms with Crippen LogP contribution in [0.3, 0.4) is 0 Å². The molecular weight excluding hydrogens is 758 g/mol. The number of carbonyl (C=O) groups is 2. The number of β-amino-alcohol motifs (C(OH)–C–C–N with tert-alkyl or cyclic N) is 1. The SMILES string of the molecule is CCc1nc(N)nc(N)c1-c1ccc(Cl)cc1.Cc1c(O)cccc1C(=O)N[C@@H](CSc1ccccc1)[C@H](O)CN1C[C@H]2CCCC[C@H]2C[C@H]1C(=O)NC(C)(C)C. The smallest absolute Gasteiger partial charge is 0.252 e. The van der Waals surface area contributed by atoms with Gasteiger partial charge in [-0.25, -0.2) is 4.98 Å². The van der Waals surface area contributed by atoms with Crippen molar-refractivity contribution in [3.05, 3.63) is 94.6 Å². The van der Waals surface area contributed by atoms with Crippen molar-refractivity contribution >= 4 is 46.9 Å². The molecule has 5 atom stereocenters. The number of benzene rings is 3. The van der Waals surface area contributed by atoms with Gasteiger partial charge in [-0.1, -0.05) is 74.2 Å². The van der Waals surface area contributed by atoms with E-state index >= 15 is 0 Å². The van der Waals surface area contributed by atoms with Crippen molar-refractivity contribution in [2.24, 2.45) is 11.8 Å². The summed E-state index contributed by atoms with van der Waals surface area (Å²) in [6.45, 7) is 10.8. The summed E-state index contributed by atoms with van der Waals surface area (Å²) >= 11 is 7.43. The number of thioether (sulfide) groups is 1. The van der Waals surface area contributed by atoms with Crippen LogP contribution in [0.4, 0.5) is 11.8 Å². The fourth-order valence-corrected chi connectivity index (χ4v) is 8.95. The number of nitrogens with one attached hydrogen (secondary N) is 2. The molecule has 0 spiro atoms. The van der Waals surface area contributed by atoms with Gasteiger partial charge in [0.05, 0.1) is 23.9 Å². The van der Waals surface area contributed by atoms with E-state index in [1.165, 1.54) is 12.8 Å². The van der Waals surface area contributed by atoms with Crippen LogP contribution in [-0.2, 0) is 11.2 Å². The average Bonchev–Trinajstić information content (AvgIpc) is 3.17. The molecule has 3 aromatic carbocycles. The lowest BCUT2D eigenvalue weighted by molar-refractivity contribution is -0.132. The number of piperidine rings is 1. The van der Waals surface area contributed by atoms with Gasteiger partial charge < -0.3 is 32.3 Å². The minimum absolute atomic E-state index is 0.0124. The Morgan fingerprint density at radius 1 is 0.982 bits per heavy atom. The first-order valence-electron chi connectivity index (χ1n) is 19.8. The van der Waals surface area contributed by atoms with Crippen LogP contribution >= 0.6 is 23.4 Å². The lowest BCUT2D eigenvalue weighted by atomic mass is 9.72. The normalized spacial score (nSPS) is 19.3. The number of aliphatic hydroxyl groups is 1. The first-order valence-corrected chi connectivity index (χ1v) is 21.2. The highest BCUT2D eigenvalue weighted by Crippen LogP contribution is 2.39. The summed E-state index contributed by atoms with van der Waals surface area (Å²) in [6, 6.07) is 21.3. The molecule has 1 aliphatic heterocycles. The molecule has 1 aromatic heterocycles. The lowest BCUT2D eigenvalue weighted by Gasteiger charge is -2.47. The topological polar surface area (TPSA) is 180 Å². The van der Waals surface area contributed by atoms with Crippen LogP contribution in [0.15, 0.2) is 77.7 Å². The van der Waals surface area contributed by atoms with E-state index in [9.17, 15) is 19.8 Å². The van der Waals surface area contributed by atoms with Gasteiger partial charge in [-0.15, -0.1) is 11.8 Å². The Kier molecular flexibility index (Phi) is 15.3. The van der Waals surface area contributed by atoms with Gasteiger partial charge in [0.1, 0.15) is 11.6 Å². The number of rotatable bonds is 11. The van der Waals surface area contributed by atoms with E-state index in [1.54, 1.807) is 36.9 Å². The van der Waals surface area contributed by atoms with E-state index in [0.717, 1.165) is 53.9 Å². The first-order chi connectivity index (χ1) is 27.1. The number of aromatic nitrogens is 2. The van der Waals surface area contributed by atoms with Crippen LogP contribution < -0.4 is 22.1 Å². The Morgan fingerprint density at radius 3 is 2.33 bits per heavy atom. The van der Waals surface area contributed by atoms with Crippen molar-refractivity contribution in [1.82, 2.24) is 25.5 Å². The molecule has 1 saturated heterocycles. The molecule has 2 amide bonds. The summed E-state index contributed by atoms with van der Waals surface area (Å²) in [5, 5.41) is 28.7. The van der Waals surface area contributed by atoms with Crippen molar-refractivity contribution in [1.29, 1.82) is 0 Å². The third-order valence-electron chi connectivity index (χ3n) is 10.7. The van der Waals surface area contributed by atoms with Gasteiger partial charge in [0.15, 0.2) is 0 Å². The van der Waals surface area contributed by atoms with E-state index in [4.69, 9.17) is 23.1 Å². The van der Waals surface area contributed by atoms with Crippen LogP contribution in [0.2, 0.25) is 5.02 Å². The van der Waals surface area contributed by atoms with Gasteiger partial charge in [0.25, 0.3) is 5.91 Å². The van der Waals surface area contributed by atoms with Crippen LogP contribution in [0.5, 0.6) is 5.75 Å². The predicted molar refractivity (Wildman–Crippen MR) is 231 cm³/mol. The van der Waals surface area contributed by atoms with Crippen molar-refractivity contribution in [2.75, 3.05) is 30.3 Å². The number of likely N-dealkylation sites (tertiary alicyclic amines) is 1. The van der Waals surface area contributed by atoms with Gasteiger partial charge in [-0.05, 0) is 101 Å². The number of aliphatic hydroxyl groups excluding tert-OH is 1. The largest absolute Gasteiger partial charge is 0.508 e. The van der Waals surface area contributed by atoms with Crippen molar-refractivity contribution < 1.29 is 19.8 Å². The van der Waals surface area contributed by atoms with Gasteiger partial charge in [-0.3, -0.25) is 14.5 Å². The zero-order valence-corrected chi connectivity index (χ0v) is 35.2. The first kappa shape index (κ1) is 43.8. The standard InChI is InChI=1S/C32H45N3O4S.C12H13ClN4/c1-21-25(15-10-16-28(21)36)30(38)33-26(20-40-24-13-6-5-7-14-24)29(37)19-35-18-23-12-9-8-11-22(23)17-27(35)31(39)34-32(2,3)4;1-2-9-10(11(14)17-12(15)16-9)7-3-5-8(13)6-4-7/h5-7,10,13-16,22-23,26-27,29,36-37H,8-9,11-12,17-20H2,1-4H3,(H,33,38)(H,34,39);3-6H,2H2,1H3,(H4,14,15,16,17)/t22-,23+,26-,27-,29+;/m0./s1. The van der Waals surface area contributed by atoms with E-state index in [-0.39, 0.29) is 35.1 Å². The molecule has 4 aromatic rings. The van der Waals surface area contributed by atoms with Crippen LogP contribution in [-0.4, -0.2) is 79.5 Å². The maximum Gasteiger partial charge on any atom is 0.252 e. The number of aromatic hydroxyl groups is 1. The van der Waals surface area contributed by atoms with Crippen molar-refractivity contribution in [2.45, 2.75) is 102 Å². The fraction of sp³-hybridized carbons (Fsp3) is 0.455. The number of halogens is 1. The predicted octanol–water partition coefficient (Wildman–Crippen LogP) is 7.27. The van der Waals surface area contributed by atoms with Crippen molar-refractivity contribution in [3.63, 3.8) is 0 Å². The number of phenols is 1. The number of phenolic OH excluding ortho intramolecular Hbond substituents is 1. The molecule has 0 unspecified atom stereocenters. The summed E-state index contributed by atoms with van der Waals surface area (Å²) in [4.78, 5) is 38.2. The second-order valence-electron chi connectivity index (χ2n) is 16.1. The van der Waals surface area contributed by atoms with Crippen LogP contribution in [0.25, 0.3) is 11.1 Å². The zero-order valence-electron chi connectivity index (χ0n) is 33.7. The minimum atomic E-state index is -0.886. The molecule has 0 radical (unpaired) electrons. The molecular formula is C44H58ClN7O4S. The third-order valence-corrected chi connectivity index (χ3v) is 12.1. The van der Waals surface area contributed by atoms with Crippen molar-refractivity contribution in [3.8, 4) is 16.9 Å². The number of nitrogens with two attached hydrogens (primary N) is 2.